The van der Waals surface area contributed by atoms with Gasteiger partial charge >= 0.3 is 5.97 Å². The summed E-state index contributed by atoms with van der Waals surface area (Å²) in [5.41, 5.74) is 0.807. The molecule has 1 aromatic carbocycles. The van der Waals surface area contributed by atoms with Crippen molar-refractivity contribution in [1.82, 2.24) is 0 Å². The number of hydrogen-bond acceptors (Lipinski definition) is 4. The van der Waals surface area contributed by atoms with Crippen LogP contribution < -0.4 is 5.32 Å². The van der Waals surface area contributed by atoms with Crippen molar-refractivity contribution in [3.8, 4) is 0 Å². The van der Waals surface area contributed by atoms with Crippen LogP contribution in [0.15, 0.2) is 41.0 Å². The molecule has 0 aliphatic rings. The molecule has 0 radical (unpaired) electrons. The molecule has 6 heteroatoms. The van der Waals surface area contributed by atoms with Crippen molar-refractivity contribution in [2.45, 2.75) is 19.8 Å². The quantitative estimate of drug-likeness (QED) is 0.833. The molecule has 0 fully saturated rings. The Morgan fingerprint density at radius 2 is 2.14 bits per heavy atom. The number of furan rings is 1. The van der Waals surface area contributed by atoms with Crippen molar-refractivity contribution >= 4 is 17.6 Å². The van der Waals surface area contributed by atoms with Crippen LogP contribution in [0, 0.1) is 12.7 Å². The van der Waals surface area contributed by atoms with E-state index in [1.807, 2.05) is 0 Å². The first kappa shape index (κ1) is 15.8. The summed E-state index contributed by atoms with van der Waals surface area (Å²) < 4.78 is 23.3. The summed E-state index contributed by atoms with van der Waals surface area (Å²) in [6, 6.07) is 7.84. The van der Waals surface area contributed by atoms with Crippen LogP contribution in [0.4, 0.5) is 10.1 Å². The number of carbonyl (C=O) groups is 2. The second-order valence-corrected chi connectivity index (χ2v) is 4.75. The summed E-state index contributed by atoms with van der Waals surface area (Å²) in [6.07, 6.45) is 2.06. The lowest BCUT2D eigenvalue weighted by atomic mass is 10.2. The van der Waals surface area contributed by atoms with Crippen molar-refractivity contribution in [3.63, 3.8) is 0 Å². The summed E-state index contributed by atoms with van der Waals surface area (Å²) in [6.45, 7) is 1.22. The van der Waals surface area contributed by atoms with Crippen molar-refractivity contribution < 1.29 is 23.1 Å². The first-order chi connectivity index (χ1) is 10.5. The normalized spacial score (nSPS) is 10.3. The number of carbonyl (C=O) groups excluding carboxylic acids is 2. The largest absolute Gasteiger partial charge is 0.469 e. The first-order valence-corrected chi connectivity index (χ1v) is 6.78. The highest BCUT2D eigenvalue weighted by atomic mass is 19.1. The van der Waals surface area contributed by atoms with E-state index in [4.69, 9.17) is 9.15 Å². The smallest absolute Gasteiger partial charge is 0.306 e. The average Bonchev–Trinajstić information content (AvgIpc) is 3.00. The Labute approximate surface area is 127 Å². The maximum absolute atomic E-state index is 13.3. The molecular weight excluding hydrogens is 289 g/mol. The zero-order valence-corrected chi connectivity index (χ0v) is 12.1. The van der Waals surface area contributed by atoms with Crippen LogP contribution in [0.25, 0.3) is 0 Å². The Balaban J connectivity index is 1.72. The lowest BCUT2D eigenvalue weighted by molar-refractivity contribution is -0.147. The third kappa shape index (κ3) is 4.73. The number of halogens is 1. The molecule has 0 spiro atoms. The molecule has 0 atom stereocenters. The second-order valence-electron chi connectivity index (χ2n) is 4.75. The Morgan fingerprint density at radius 1 is 1.32 bits per heavy atom. The Bertz CT molecular complexity index is 652. The topological polar surface area (TPSA) is 68.5 Å². The molecular formula is C16H16FNO4. The van der Waals surface area contributed by atoms with Gasteiger partial charge in [0.25, 0.3) is 5.91 Å². The Hall–Kier alpha value is -2.63. The molecule has 5 nitrogen and oxygen atoms in total. The zero-order chi connectivity index (χ0) is 15.9. The van der Waals surface area contributed by atoms with Gasteiger partial charge < -0.3 is 14.5 Å². The zero-order valence-electron chi connectivity index (χ0n) is 12.1. The highest BCUT2D eigenvalue weighted by Crippen LogP contribution is 2.13. The third-order valence-corrected chi connectivity index (χ3v) is 2.98. The molecule has 1 heterocycles. The van der Waals surface area contributed by atoms with Crippen LogP contribution in [0.2, 0.25) is 0 Å². The molecule has 1 aromatic heterocycles. The highest BCUT2D eigenvalue weighted by molar-refractivity contribution is 5.92. The van der Waals surface area contributed by atoms with Gasteiger partial charge in [-0.3, -0.25) is 9.59 Å². The lowest BCUT2D eigenvalue weighted by Crippen LogP contribution is -2.21. The molecule has 22 heavy (non-hydrogen) atoms. The maximum Gasteiger partial charge on any atom is 0.306 e. The van der Waals surface area contributed by atoms with E-state index in [0.717, 1.165) is 0 Å². The van der Waals surface area contributed by atoms with Gasteiger partial charge in [-0.15, -0.1) is 0 Å². The van der Waals surface area contributed by atoms with Crippen molar-refractivity contribution in [3.05, 3.63) is 53.7 Å². The summed E-state index contributed by atoms with van der Waals surface area (Å²) >= 11 is 0. The van der Waals surface area contributed by atoms with Gasteiger partial charge in [0.2, 0.25) is 0 Å². The number of aryl methyl sites for hydroxylation is 2. The maximum atomic E-state index is 13.3. The summed E-state index contributed by atoms with van der Waals surface area (Å²) in [4.78, 5) is 23.1. The van der Waals surface area contributed by atoms with Gasteiger partial charge in [-0.05, 0) is 36.8 Å². The molecule has 116 valence electrons. The lowest BCUT2D eigenvalue weighted by Gasteiger charge is -2.07. The van der Waals surface area contributed by atoms with Crippen LogP contribution >= 0.6 is 0 Å². The number of rotatable bonds is 6. The molecule has 2 aromatic rings. The van der Waals surface area contributed by atoms with Gasteiger partial charge in [0.15, 0.2) is 6.61 Å². The predicted octanol–water partition coefficient (Wildman–Crippen LogP) is 2.84. The minimum absolute atomic E-state index is 0.125. The van der Waals surface area contributed by atoms with E-state index < -0.39 is 24.3 Å². The fourth-order valence-electron chi connectivity index (χ4n) is 1.77. The fourth-order valence-corrected chi connectivity index (χ4v) is 1.77. The van der Waals surface area contributed by atoms with Gasteiger partial charge in [-0.25, -0.2) is 4.39 Å². The van der Waals surface area contributed by atoms with Crippen molar-refractivity contribution in [2.24, 2.45) is 0 Å². The van der Waals surface area contributed by atoms with E-state index in [9.17, 15) is 14.0 Å². The number of esters is 1. The van der Waals surface area contributed by atoms with Gasteiger partial charge in [0.1, 0.15) is 11.6 Å². The highest BCUT2D eigenvalue weighted by Gasteiger charge is 2.09. The van der Waals surface area contributed by atoms with Crippen molar-refractivity contribution in [1.29, 1.82) is 0 Å². The first-order valence-electron chi connectivity index (χ1n) is 6.78. The molecule has 1 amide bonds. The van der Waals surface area contributed by atoms with E-state index >= 15 is 0 Å². The second kappa shape index (κ2) is 7.40. The van der Waals surface area contributed by atoms with Gasteiger partial charge in [-0.2, -0.15) is 0 Å². The van der Waals surface area contributed by atoms with E-state index in [1.165, 1.54) is 12.3 Å². The van der Waals surface area contributed by atoms with Crippen LogP contribution in [-0.4, -0.2) is 18.5 Å². The average molecular weight is 305 g/mol. The van der Waals surface area contributed by atoms with Gasteiger partial charge in [0, 0.05) is 12.1 Å². The van der Waals surface area contributed by atoms with E-state index in [0.29, 0.717) is 23.4 Å². The van der Waals surface area contributed by atoms with Gasteiger partial charge in [-0.1, -0.05) is 6.07 Å². The molecule has 0 unspecified atom stereocenters. The summed E-state index contributed by atoms with van der Waals surface area (Å²) in [5, 5.41) is 2.46. The monoisotopic (exact) mass is 305 g/mol. The SMILES string of the molecule is Cc1ccc(NC(=O)COC(=O)CCc2ccco2)cc1F. The minimum Gasteiger partial charge on any atom is -0.469 e. The molecule has 1 N–H and O–H groups in total. The molecule has 0 bridgehead atoms. The molecule has 0 aliphatic heterocycles. The van der Waals surface area contributed by atoms with Crippen LogP contribution in [0.5, 0.6) is 0 Å². The van der Waals surface area contributed by atoms with Crippen molar-refractivity contribution in [2.75, 3.05) is 11.9 Å². The van der Waals surface area contributed by atoms with E-state index in [1.54, 1.807) is 31.2 Å². The number of ether oxygens (including phenoxy) is 1. The molecule has 0 saturated carbocycles. The minimum atomic E-state index is -0.519. The van der Waals surface area contributed by atoms with Crippen LogP contribution in [-0.2, 0) is 20.7 Å². The van der Waals surface area contributed by atoms with Crippen LogP contribution in [0.1, 0.15) is 17.7 Å². The predicted molar refractivity (Wildman–Crippen MR) is 77.8 cm³/mol. The number of nitrogens with one attached hydrogen (secondary N) is 1. The molecule has 0 saturated heterocycles. The number of amides is 1. The fraction of sp³-hybridized carbons (Fsp3) is 0.250. The Morgan fingerprint density at radius 3 is 2.82 bits per heavy atom. The molecule has 0 aliphatic carbocycles. The summed E-state index contributed by atoms with van der Waals surface area (Å²) in [5.74, 6) is -0.749. The van der Waals surface area contributed by atoms with E-state index in [2.05, 4.69) is 5.32 Å². The van der Waals surface area contributed by atoms with E-state index in [-0.39, 0.29) is 6.42 Å². The molecule has 2 rings (SSSR count). The third-order valence-electron chi connectivity index (χ3n) is 2.98. The number of hydrogen-bond donors (Lipinski definition) is 1. The number of benzene rings is 1. The standard InChI is InChI=1S/C16H16FNO4/c1-11-4-5-12(9-14(11)17)18-15(19)10-22-16(20)7-6-13-3-2-8-21-13/h2-5,8-9H,6-7,10H2,1H3,(H,18,19). The number of anilines is 1. The van der Waals surface area contributed by atoms with Gasteiger partial charge in [0.05, 0.1) is 12.7 Å². The summed E-state index contributed by atoms with van der Waals surface area (Å²) in [7, 11) is 0. The Kier molecular flexibility index (Phi) is 5.30. The van der Waals surface area contributed by atoms with Crippen LogP contribution in [0.3, 0.4) is 0 Å².